The molecule has 0 aromatic heterocycles. The molecule has 3 N–H and O–H groups in total. The summed E-state index contributed by atoms with van der Waals surface area (Å²) in [5, 5.41) is 15.1. The molecule has 0 spiro atoms. The van der Waals surface area contributed by atoms with Crippen LogP contribution in [0.5, 0.6) is 0 Å². The van der Waals surface area contributed by atoms with Crippen LogP contribution in [0.3, 0.4) is 0 Å². The van der Waals surface area contributed by atoms with Crippen molar-refractivity contribution in [2.45, 2.75) is 25.0 Å². The Morgan fingerprint density at radius 3 is 2.90 bits per heavy atom. The number of hydrogen-bond donors (Lipinski definition) is 3. The molecule has 1 aliphatic rings. The second kappa shape index (κ2) is 6.65. The van der Waals surface area contributed by atoms with Crippen molar-refractivity contribution in [2.75, 3.05) is 17.6 Å². The molecule has 2 amide bonds. The van der Waals surface area contributed by atoms with Gasteiger partial charge in [0.15, 0.2) is 0 Å². The molecule has 5 nitrogen and oxygen atoms in total. The molecule has 1 aromatic rings. The number of anilines is 1. The Hall–Kier alpha value is -1.69. The monoisotopic (exact) mass is 294 g/mol. The zero-order valence-corrected chi connectivity index (χ0v) is 12.1. The van der Waals surface area contributed by atoms with E-state index in [0.29, 0.717) is 23.0 Å². The number of benzene rings is 1. The van der Waals surface area contributed by atoms with Crippen LogP contribution in [0.2, 0.25) is 0 Å². The van der Waals surface area contributed by atoms with E-state index in [1.807, 2.05) is 11.8 Å². The van der Waals surface area contributed by atoms with E-state index >= 15 is 0 Å². The van der Waals surface area contributed by atoms with Crippen molar-refractivity contribution in [3.63, 3.8) is 0 Å². The Morgan fingerprint density at radius 1 is 1.45 bits per heavy atom. The average molecular weight is 294 g/mol. The van der Waals surface area contributed by atoms with Crippen molar-refractivity contribution >= 4 is 29.4 Å². The number of rotatable bonds is 4. The van der Waals surface area contributed by atoms with Crippen LogP contribution in [0.1, 0.15) is 28.8 Å². The van der Waals surface area contributed by atoms with Crippen LogP contribution in [0.25, 0.3) is 0 Å². The van der Waals surface area contributed by atoms with Gasteiger partial charge in [0, 0.05) is 17.5 Å². The summed E-state index contributed by atoms with van der Waals surface area (Å²) in [7, 11) is 0. The van der Waals surface area contributed by atoms with Crippen molar-refractivity contribution in [1.82, 2.24) is 5.32 Å². The van der Waals surface area contributed by atoms with E-state index in [2.05, 4.69) is 10.6 Å². The van der Waals surface area contributed by atoms with E-state index < -0.39 is 5.97 Å². The average Bonchev–Trinajstić information content (AvgIpc) is 2.91. The Morgan fingerprint density at radius 2 is 2.25 bits per heavy atom. The number of thioether (sulfide) groups is 1. The minimum atomic E-state index is -0.992. The molecule has 0 saturated carbocycles. The SMILES string of the molecule is Cc1c(NC(=O)NCC2CCCS2)cccc1C(=O)O. The summed E-state index contributed by atoms with van der Waals surface area (Å²) in [6.07, 6.45) is 2.34. The number of nitrogens with one attached hydrogen (secondary N) is 2. The fourth-order valence-corrected chi connectivity index (χ4v) is 3.38. The first-order chi connectivity index (χ1) is 9.58. The summed E-state index contributed by atoms with van der Waals surface area (Å²) in [6, 6.07) is 4.56. The van der Waals surface area contributed by atoms with Gasteiger partial charge in [-0.2, -0.15) is 11.8 Å². The Labute approximate surface area is 122 Å². The molecule has 108 valence electrons. The third-order valence-electron chi connectivity index (χ3n) is 3.33. The Kier molecular flexibility index (Phi) is 4.89. The van der Waals surface area contributed by atoms with E-state index in [9.17, 15) is 9.59 Å². The highest BCUT2D eigenvalue weighted by Crippen LogP contribution is 2.25. The molecule has 1 heterocycles. The largest absolute Gasteiger partial charge is 0.478 e. The maximum atomic E-state index is 11.8. The van der Waals surface area contributed by atoms with Gasteiger partial charge in [0.05, 0.1) is 5.56 Å². The summed E-state index contributed by atoms with van der Waals surface area (Å²) in [6.45, 7) is 2.33. The van der Waals surface area contributed by atoms with Crippen LogP contribution in [0.4, 0.5) is 10.5 Å². The lowest BCUT2D eigenvalue weighted by molar-refractivity contribution is 0.0696. The predicted molar refractivity (Wildman–Crippen MR) is 80.6 cm³/mol. The summed E-state index contributed by atoms with van der Waals surface area (Å²) >= 11 is 1.88. The smallest absolute Gasteiger partial charge is 0.336 e. The summed E-state index contributed by atoms with van der Waals surface area (Å²) < 4.78 is 0. The standard InChI is InChI=1S/C14H18N2O3S/c1-9-11(13(17)18)5-2-6-12(9)16-14(19)15-8-10-4-3-7-20-10/h2,5-6,10H,3-4,7-8H2,1H3,(H,17,18)(H2,15,16,19). The zero-order valence-electron chi connectivity index (χ0n) is 11.3. The van der Waals surface area contributed by atoms with Crippen molar-refractivity contribution in [3.8, 4) is 0 Å². The van der Waals surface area contributed by atoms with Gasteiger partial charge in [-0.05, 0) is 43.2 Å². The van der Waals surface area contributed by atoms with Gasteiger partial charge < -0.3 is 15.7 Å². The fourth-order valence-electron chi connectivity index (χ4n) is 2.18. The molecule has 2 rings (SSSR count). The molecule has 0 bridgehead atoms. The predicted octanol–water partition coefficient (Wildman–Crippen LogP) is 2.71. The zero-order chi connectivity index (χ0) is 14.5. The number of carboxylic acid groups (broad SMARTS) is 1. The summed E-state index contributed by atoms with van der Waals surface area (Å²) in [4.78, 5) is 22.9. The van der Waals surface area contributed by atoms with Crippen LogP contribution in [-0.4, -0.2) is 34.7 Å². The molecule has 1 unspecified atom stereocenters. The second-order valence-electron chi connectivity index (χ2n) is 4.75. The number of hydrogen-bond acceptors (Lipinski definition) is 3. The van der Waals surface area contributed by atoms with Gasteiger partial charge in [0.25, 0.3) is 0 Å². The van der Waals surface area contributed by atoms with Gasteiger partial charge in [0.1, 0.15) is 0 Å². The first-order valence-electron chi connectivity index (χ1n) is 6.57. The quantitative estimate of drug-likeness (QED) is 0.798. The maximum Gasteiger partial charge on any atom is 0.336 e. The molecule has 1 aromatic carbocycles. The van der Waals surface area contributed by atoms with E-state index in [0.717, 1.165) is 12.2 Å². The van der Waals surface area contributed by atoms with E-state index in [1.54, 1.807) is 19.1 Å². The van der Waals surface area contributed by atoms with Crippen molar-refractivity contribution in [1.29, 1.82) is 0 Å². The molecule has 1 fully saturated rings. The highest BCUT2D eigenvalue weighted by atomic mass is 32.2. The number of carbonyl (C=O) groups is 2. The van der Waals surface area contributed by atoms with Gasteiger partial charge in [-0.3, -0.25) is 0 Å². The molecule has 1 atom stereocenters. The second-order valence-corrected chi connectivity index (χ2v) is 6.16. The van der Waals surface area contributed by atoms with Crippen LogP contribution in [0.15, 0.2) is 18.2 Å². The highest BCUT2D eigenvalue weighted by molar-refractivity contribution is 8.00. The van der Waals surface area contributed by atoms with E-state index in [1.165, 1.54) is 12.5 Å². The van der Waals surface area contributed by atoms with Crippen molar-refractivity contribution in [2.24, 2.45) is 0 Å². The van der Waals surface area contributed by atoms with Crippen molar-refractivity contribution in [3.05, 3.63) is 29.3 Å². The third kappa shape index (κ3) is 3.66. The van der Waals surface area contributed by atoms with Gasteiger partial charge in [-0.15, -0.1) is 0 Å². The first-order valence-corrected chi connectivity index (χ1v) is 7.62. The topological polar surface area (TPSA) is 78.4 Å². The third-order valence-corrected chi connectivity index (χ3v) is 4.72. The van der Waals surface area contributed by atoms with Gasteiger partial charge >= 0.3 is 12.0 Å². The van der Waals surface area contributed by atoms with Gasteiger partial charge in [-0.1, -0.05) is 6.07 Å². The van der Waals surface area contributed by atoms with Crippen LogP contribution < -0.4 is 10.6 Å². The lowest BCUT2D eigenvalue weighted by Gasteiger charge is -2.13. The Balaban J connectivity index is 1.93. The molecular weight excluding hydrogens is 276 g/mol. The molecule has 0 radical (unpaired) electrons. The van der Waals surface area contributed by atoms with Gasteiger partial charge in [-0.25, -0.2) is 9.59 Å². The first kappa shape index (κ1) is 14.7. The number of aromatic carboxylic acids is 1. The molecule has 1 saturated heterocycles. The highest BCUT2D eigenvalue weighted by Gasteiger charge is 2.17. The van der Waals surface area contributed by atoms with Gasteiger partial charge in [0.2, 0.25) is 0 Å². The molecule has 20 heavy (non-hydrogen) atoms. The van der Waals surface area contributed by atoms with Crippen LogP contribution in [0, 0.1) is 6.92 Å². The van der Waals surface area contributed by atoms with Crippen molar-refractivity contribution < 1.29 is 14.7 Å². The minimum absolute atomic E-state index is 0.203. The summed E-state index contributed by atoms with van der Waals surface area (Å²) in [5.74, 6) is 0.169. The number of carboxylic acids is 1. The summed E-state index contributed by atoms with van der Waals surface area (Å²) in [5.41, 5.74) is 1.29. The lowest BCUT2D eigenvalue weighted by atomic mass is 10.1. The number of carbonyl (C=O) groups excluding carboxylic acids is 1. The molecule has 6 heteroatoms. The van der Waals surface area contributed by atoms with Crippen LogP contribution >= 0.6 is 11.8 Å². The maximum absolute atomic E-state index is 11.8. The normalized spacial score (nSPS) is 17.8. The molecular formula is C14H18N2O3S. The molecule has 0 aliphatic carbocycles. The number of urea groups is 1. The van der Waals surface area contributed by atoms with E-state index in [4.69, 9.17) is 5.11 Å². The minimum Gasteiger partial charge on any atom is -0.478 e. The molecule has 1 aliphatic heterocycles. The Bertz CT molecular complexity index is 513. The fraction of sp³-hybridized carbons (Fsp3) is 0.429. The number of amides is 2. The van der Waals surface area contributed by atoms with Crippen LogP contribution in [-0.2, 0) is 0 Å². The lowest BCUT2D eigenvalue weighted by Crippen LogP contribution is -2.33. The van der Waals surface area contributed by atoms with E-state index in [-0.39, 0.29) is 11.6 Å².